The molecule has 14 heavy (non-hydrogen) atoms. The van der Waals surface area contributed by atoms with Crippen molar-refractivity contribution in [3.05, 3.63) is 4.88 Å². The fourth-order valence-electron chi connectivity index (χ4n) is 1.01. The first-order valence-electron chi connectivity index (χ1n) is 4.31. The highest BCUT2D eigenvalue weighted by Gasteiger charge is 2.26. The van der Waals surface area contributed by atoms with Gasteiger partial charge in [0.25, 0.3) is 0 Å². The van der Waals surface area contributed by atoms with Gasteiger partial charge < -0.3 is 14.7 Å². The van der Waals surface area contributed by atoms with E-state index in [1.165, 1.54) is 11.3 Å². The van der Waals surface area contributed by atoms with Crippen molar-refractivity contribution >= 4 is 16.5 Å². The summed E-state index contributed by atoms with van der Waals surface area (Å²) in [6.45, 7) is 3.45. The summed E-state index contributed by atoms with van der Waals surface area (Å²) >= 11 is 1.44. The zero-order chi connectivity index (χ0) is 10.9. The number of thiazole rings is 1. The lowest BCUT2D eigenvalue weighted by Crippen LogP contribution is -2.14. The Kier molecular flexibility index (Phi) is 3.01. The second kappa shape index (κ2) is 3.74. The molecule has 1 aromatic heterocycles. The average molecular weight is 216 g/mol. The summed E-state index contributed by atoms with van der Waals surface area (Å²) in [7, 11) is 5.38. The molecule has 0 aliphatic carbocycles. The molecule has 0 radical (unpaired) electrons. The highest BCUT2D eigenvalue weighted by atomic mass is 32.1. The molecule has 4 nitrogen and oxygen atoms in total. The Hall–Kier alpha value is -0.810. The highest BCUT2D eigenvalue weighted by Crippen LogP contribution is 2.37. The van der Waals surface area contributed by atoms with E-state index in [1.807, 2.05) is 19.0 Å². The van der Waals surface area contributed by atoms with Crippen LogP contribution in [-0.2, 0) is 5.60 Å². The SMILES string of the molecule is COc1nc(N(C)C)sc1C(C)(C)O. The van der Waals surface area contributed by atoms with Crippen molar-refractivity contribution in [3.63, 3.8) is 0 Å². The molecular formula is C9H16N2O2S. The van der Waals surface area contributed by atoms with E-state index >= 15 is 0 Å². The van der Waals surface area contributed by atoms with Gasteiger partial charge in [-0.05, 0) is 13.8 Å². The van der Waals surface area contributed by atoms with Crippen molar-refractivity contribution in [1.29, 1.82) is 0 Å². The monoisotopic (exact) mass is 216 g/mol. The summed E-state index contributed by atoms with van der Waals surface area (Å²) in [5.41, 5.74) is -0.905. The standard InChI is InChI=1S/C9H16N2O2S/c1-9(2,12)6-7(13-5)10-8(14-6)11(3)4/h12H,1-5H3. The van der Waals surface area contributed by atoms with Crippen LogP contribution in [0, 0.1) is 0 Å². The second-order valence-corrected chi connectivity index (χ2v) is 4.77. The lowest BCUT2D eigenvalue weighted by Gasteiger charge is -2.15. The summed E-state index contributed by atoms with van der Waals surface area (Å²) < 4.78 is 5.12. The maximum Gasteiger partial charge on any atom is 0.232 e. The van der Waals surface area contributed by atoms with Crippen molar-refractivity contribution in [3.8, 4) is 5.88 Å². The minimum Gasteiger partial charge on any atom is -0.480 e. The molecule has 0 spiro atoms. The van der Waals surface area contributed by atoms with Gasteiger partial charge in [-0.3, -0.25) is 0 Å². The van der Waals surface area contributed by atoms with Crippen LogP contribution < -0.4 is 9.64 Å². The smallest absolute Gasteiger partial charge is 0.232 e. The van der Waals surface area contributed by atoms with Gasteiger partial charge in [0.15, 0.2) is 5.13 Å². The van der Waals surface area contributed by atoms with Crippen LogP contribution in [-0.4, -0.2) is 31.3 Å². The van der Waals surface area contributed by atoms with Gasteiger partial charge in [-0.1, -0.05) is 11.3 Å². The first-order valence-corrected chi connectivity index (χ1v) is 5.13. The van der Waals surface area contributed by atoms with Crippen LogP contribution in [0.1, 0.15) is 18.7 Å². The minimum absolute atomic E-state index is 0.506. The van der Waals surface area contributed by atoms with E-state index in [9.17, 15) is 5.11 Å². The summed E-state index contributed by atoms with van der Waals surface area (Å²) in [6.07, 6.45) is 0. The fourth-order valence-corrected chi connectivity index (χ4v) is 1.97. The second-order valence-electron chi connectivity index (χ2n) is 3.79. The molecule has 1 heterocycles. The van der Waals surface area contributed by atoms with Gasteiger partial charge in [0.1, 0.15) is 4.88 Å². The topological polar surface area (TPSA) is 45.6 Å². The van der Waals surface area contributed by atoms with Crippen LogP contribution >= 0.6 is 11.3 Å². The van der Waals surface area contributed by atoms with E-state index < -0.39 is 5.60 Å². The van der Waals surface area contributed by atoms with Gasteiger partial charge in [0, 0.05) is 14.1 Å². The summed E-state index contributed by atoms with van der Waals surface area (Å²) in [6, 6.07) is 0. The number of hydrogen-bond donors (Lipinski definition) is 1. The first kappa shape index (κ1) is 11.3. The van der Waals surface area contributed by atoms with Crippen molar-refractivity contribution in [1.82, 2.24) is 4.98 Å². The van der Waals surface area contributed by atoms with Gasteiger partial charge in [0.2, 0.25) is 5.88 Å². The van der Waals surface area contributed by atoms with Crippen LogP contribution in [0.25, 0.3) is 0 Å². The molecule has 0 atom stereocenters. The zero-order valence-corrected chi connectivity index (χ0v) is 9.97. The molecule has 1 rings (SSSR count). The molecule has 0 aliphatic rings. The average Bonchev–Trinajstić information content (AvgIpc) is 2.46. The van der Waals surface area contributed by atoms with Gasteiger partial charge in [0.05, 0.1) is 12.7 Å². The van der Waals surface area contributed by atoms with Crippen molar-refractivity contribution < 1.29 is 9.84 Å². The van der Waals surface area contributed by atoms with E-state index in [2.05, 4.69) is 4.98 Å². The van der Waals surface area contributed by atoms with Crippen LogP contribution in [0.3, 0.4) is 0 Å². The van der Waals surface area contributed by atoms with E-state index in [0.717, 1.165) is 10.0 Å². The number of rotatable bonds is 3. The Balaban J connectivity index is 3.16. The molecule has 0 saturated heterocycles. The number of methoxy groups -OCH3 is 1. The molecule has 0 amide bonds. The molecule has 0 fully saturated rings. The predicted molar refractivity (Wildman–Crippen MR) is 58.2 cm³/mol. The van der Waals surface area contributed by atoms with Crippen LogP contribution in [0.2, 0.25) is 0 Å². The normalized spacial score (nSPS) is 11.6. The Labute approximate surface area is 88.1 Å². The number of nitrogens with zero attached hydrogens (tertiary/aromatic N) is 2. The lowest BCUT2D eigenvalue weighted by molar-refractivity contribution is 0.0793. The maximum absolute atomic E-state index is 9.87. The molecular weight excluding hydrogens is 200 g/mol. The lowest BCUT2D eigenvalue weighted by atomic mass is 10.1. The summed E-state index contributed by atoms with van der Waals surface area (Å²) in [5, 5.41) is 10.7. The van der Waals surface area contributed by atoms with Gasteiger partial charge in [-0.25, -0.2) is 0 Å². The van der Waals surface area contributed by atoms with Crippen LogP contribution in [0.5, 0.6) is 5.88 Å². The molecule has 0 aliphatic heterocycles. The Morgan fingerprint density at radius 2 is 2.00 bits per heavy atom. The molecule has 80 valence electrons. The number of anilines is 1. The molecule has 0 bridgehead atoms. The Bertz CT molecular complexity index is 315. The minimum atomic E-state index is -0.905. The number of aliphatic hydroxyl groups is 1. The Morgan fingerprint density at radius 1 is 1.43 bits per heavy atom. The number of ether oxygens (including phenoxy) is 1. The largest absolute Gasteiger partial charge is 0.480 e. The number of aromatic nitrogens is 1. The molecule has 5 heteroatoms. The molecule has 0 unspecified atom stereocenters. The van der Waals surface area contributed by atoms with Gasteiger partial charge in [-0.2, -0.15) is 4.98 Å². The van der Waals surface area contributed by atoms with Crippen LogP contribution in [0.4, 0.5) is 5.13 Å². The van der Waals surface area contributed by atoms with Crippen LogP contribution in [0.15, 0.2) is 0 Å². The van der Waals surface area contributed by atoms with Crippen molar-refractivity contribution in [2.75, 3.05) is 26.1 Å². The summed E-state index contributed by atoms with van der Waals surface area (Å²) in [5.74, 6) is 0.506. The fraction of sp³-hybridized carbons (Fsp3) is 0.667. The van der Waals surface area contributed by atoms with E-state index in [1.54, 1.807) is 21.0 Å². The first-order chi connectivity index (χ1) is 6.36. The predicted octanol–water partition coefficient (Wildman–Crippen LogP) is 1.45. The highest BCUT2D eigenvalue weighted by molar-refractivity contribution is 7.16. The van der Waals surface area contributed by atoms with Crippen molar-refractivity contribution in [2.45, 2.75) is 19.4 Å². The quantitative estimate of drug-likeness (QED) is 0.830. The number of hydrogen-bond acceptors (Lipinski definition) is 5. The van der Waals surface area contributed by atoms with E-state index in [-0.39, 0.29) is 0 Å². The molecule has 0 aromatic carbocycles. The van der Waals surface area contributed by atoms with Crippen molar-refractivity contribution in [2.24, 2.45) is 0 Å². The van der Waals surface area contributed by atoms with Gasteiger partial charge >= 0.3 is 0 Å². The third-order valence-corrected chi connectivity index (χ3v) is 3.23. The molecule has 1 aromatic rings. The molecule has 1 N–H and O–H groups in total. The molecule has 0 saturated carbocycles. The zero-order valence-electron chi connectivity index (χ0n) is 9.16. The van der Waals surface area contributed by atoms with E-state index in [0.29, 0.717) is 5.88 Å². The van der Waals surface area contributed by atoms with Gasteiger partial charge in [-0.15, -0.1) is 0 Å². The third-order valence-electron chi connectivity index (χ3n) is 1.72. The summed E-state index contributed by atoms with van der Waals surface area (Å²) in [4.78, 5) is 6.90. The van der Waals surface area contributed by atoms with E-state index in [4.69, 9.17) is 4.74 Å². The maximum atomic E-state index is 9.87. The Morgan fingerprint density at radius 3 is 2.29 bits per heavy atom. The third kappa shape index (κ3) is 2.16.